The van der Waals surface area contributed by atoms with Crippen molar-refractivity contribution in [2.75, 3.05) is 13.1 Å². The average molecular weight is 290 g/mol. The third-order valence-electron chi connectivity index (χ3n) is 3.85. The zero-order chi connectivity index (χ0) is 14.0. The highest BCUT2D eigenvalue weighted by Crippen LogP contribution is 2.34. The third kappa shape index (κ3) is 4.15. The summed E-state index contributed by atoms with van der Waals surface area (Å²) in [5, 5.41) is 8.86. The molecule has 0 spiro atoms. The first-order valence-corrected chi connectivity index (χ1v) is 8.31. The number of carboxylic acids is 1. The summed E-state index contributed by atoms with van der Waals surface area (Å²) in [5.41, 5.74) is 0. The van der Waals surface area contributed by atoms with Gasteiger partial charge in [-0.25, -0.2) is 0 Å². The van der Waals surface area contributed by atoms with Crippen LogP contribution in [0.1, 0.15) is 39.0 Å². The van der Waals surface area contributed by atoms with Crippen LogP contribution in [0.15, 0.2) is 0 Å². The lowest BCUT2D eigenvalue weighted by Gasteiger charge is -2.31. The highest BCUT2D eigenvalue weighted by Gasteiger charge is 2.37. The molecule has 0 aromatic heterocycles. The van der Waals surface area contributed by atoms with Crippen LogP contribution in [0.2, 0.25) is 0 Å². The molecule has 0 bridgehead atoms. The van der Waals surface area contributed by atoms with Gasteiger partial charge in [-0.05, 0) is 37.5 Å². The fraction of sp³-hybridized carbons (Fsp3) is 0.917. The summed E-state index contributed by atoms with van der Waals surface area (Å²) < 4.78 is 28.6. The zero-order valence-electron chi connectivity index (χ0n) is 11.2. The lowest BCUT2D eigenvalue weighted by atomic mass is 10.0. The molecule has 2 rings (SSSR count). The SMILES string of the molecule is CC1CCCN(S(=O)(=O)NC(CC(=O)O)C2CC2)C1. The Kier molecular flexibility index (Phi) is 4.47. The van der Waals surface area contributed by atoms with Gasteiger partial charge in [-0.3, -0.25) is 4.79 Å². The van der Waals surface area contributed by atoms with Crippen molar-refractivity contribution >= 4 is 16.2 Å². The van der Waals surface area contributed by atoms with Gasteiger partial charge in [-0.15, -0.1) is 0 Å². The van der Waals surface area contributed by atoms with Crippen molar-refractivity contribution in [1.82, 2.24) is 9.03 Å². The van der Waals surface area contributed by atoms with Crippen molar-refractivity contribution in [1.29, 1.82) is 0 Å². The van der Waals surface area contributed by atoms with Crippen molar-refractivity contribution in [3.8, 4) is 0 Å². The van der Waals surface area contributed by atoms with E-state index in [0.717, 1.165) is 25.7 Å². The monoisotopic (exact) mass is 290 g/mol. The fourth-order valence-electron chi connectivity index (χ4n) is 2.62. The maximum absolute atomic E-state index is 12.3. The number of nitrogens with zero attached hydrogens (tertiary/aromatic N) is 1. The zero-order valence-corrected chi connectivity index (χ0v) is 12.0. The highest BCUT2D eigenvalue weighted by molar-refractivity contribution is 7.87. The minimum Gasteiger partial charge on any atom is -0.481 e. The average Bonchev–Trinajstić information content (AvgIpc) is 3.11. The lowest BCUT2D eigenvalue weighted by molar-refractivity contribution is -0.137. The first-order chi connectivity index (χ1) is 8.88. The van der Waals surface area contributed by atoms with Crippen molar-refractivity contribution in [3.05, 3.63) is 0 Å². The number of carboxylic acid groups (broad SMARTS) is 1. The Bertz CT molecular complexity index is 433. The van der Waals surface area contributed by atoms with Crippen LogP contribution in [0, 0.1) is 11.8 Å². The van der Waals surface area contributed by atoms with E-state index < -0.39 is 22.2 Å². The molecule has 1 heterocycles. The number of rotatable bonds is 6. The molecule has 2 atom stereocenters. The Hall–Kier alpha value is -0.660. The first kappa shape index (κ1) is 14.7. The maximum Gasteiger partial charge on any atom is 0.304 e. The van der Waals surface area contributed by atoms with Crippen molar-refractivity contribution in [2.24, 2.45) is 11.8 Å². The molecule has 2 aliphatic rings. The molecule has 1 aliphatic carbocycles. The fourth-order valence-corrected chi connectivity index (χ4v) is 4.25. The van der Waals surface area contributed by atoms with Gasteiger partial charge < -0.3 is 5.11 Å². The van der Waals surface area contributed by atoms with Crippen LogP contribution in [0.4, 0.5) is 0 Å². The second-order valence-corrected chi connectivity index (χ2v) is 7.47. The van der Waals surface area contributed by atoms with Gasteiger partial charge in [-0.1, -0.05) is 6.92 Å². The molecule has 0 radical (unpaired) electrons. The van der Waals surface area contributed by atoms with E-state index in [4.69, 9.17) is 5.11 Å². The van der Waals surface area contributed by atoms with Crippen LogP contribution in [0.3, 0.4) is 0 Å². The normalized spacial score (nSPS) is 27.1. The molecule has 19 heavy (non-hydrogen) atoms. The molecule has 6 nitrogen and oxygen atoms in total. The summed E-state index contributed by atoms with van der Waals surface area (Å²) in [6, 6.07) is -0.459. The molecule has 1 aliphatic heterocycles. The van der Waals surface area contributed by atoms with Crippen molar-refractivity contribution in [2.45, 2.75) is 45.1 Å². The van der Waals surface area contributed by atoms with E-state index in [0.29, 0.717) is 19.0 Å². The molecule has 0 amide bonds. The van der Waals surface area contributed by atoms with Crippen molar-refractivity contribution in [3.63, 3.8) is 0 Å². The molecule has 7 heteroatoms. The second-order valence-electron chi connectivity index (χ2n) is 5.77. The Morgan fingerprint density at radius 1 is 1.42 bits per heavy atom. The number of piperidine rings is 1. The van der Waals surface area contributed by atoms with Gasteiger partial charge in [0.1, 0.15) is 0 Å². The molecule has 0 aromatic carbocycles. The third-order valence-corrected chi connectivity index (χ3v) is 5.46. The molecule has 2 unspecified atom stereocenters. The number of nitrogens with one attached hydrogen (secondary N) is 1. The van der Waals surface area contributed by atoms with E-state index in [1.165, 1.54) is 4.31 Å². The summed E-state index contributed by atoms with van der Waals surface area (Å²) in [6.45, 7) is 3.10. The van der Waals surface area contributed by atoms with Gasteiger partial charge in [0.05, 0.1) is 6.42 Å². The van der Waals surface area contributed by atoms with Crippen LogP contribution >= 0.6 is 0 Å². The lowest BCUT2D eigenvalue weighted by Crippen LogP contribution is -2.49. The Morgan fingerprint density at radius 3 is 2.63 bits per heavy atom. The van der Waals surface area contributed by atoms with E-state index >= 15 is 0 Å². The van der Waals surface area contributed by atoms with Gasteiger partial charge in [0.2, 0.25) is 0 Å². The number of aliphatic carboxylic acids is 1. The minimum atomic E-state index is -3.55. The van der Waals surface area contributed by atoms with Gasteiger partial charge in [-0.2, -0.15) is 17.4 Å². The second kappa shape index (κ2) is 5.76. The van der Waals surface area contributed by atoms with E-state index in [1.807, 2.05) is 6.92 Å². The van der Waals surface area contributed by atoms with E-state index in [9.17, 15) is 13.2 Å². The van der Waals surface area contributed by atoms with Crippen LogP contribution in [-0.4, -0.2) is 42.9 Å². The molecule has 1 saturated carbocycles. The van der Waals surface area contributed by atoms with Crippen LogP contribution in [0.5, 0.6) is 0 Å². The summed E-state index contributed by atoms with van der Waals surface area (Å²) in [6.07, 6.45) is 3.61. The molecular weight excluding hydrogens is 268 g/mol. The van der Waals surface area contributed by atoms with Crippen LogP contribution in [0.25, 0.3) is 0 Å². The standard InChI is InChI=1S/C12H22N2O4S/c1-9-3-2-6-14(8-9)19(17,18)13-11(7-12(15)16)10-4-5-10/h9-11,13H,2-8H2,1H3,(H,15,16). The first-order valence-electron chi connectivity index (χ1n) is 6.87. The van der Waals surface area contributed by atoms with Crippen molar-refractivity contribution < 1.29 is 18.3 Å². The Morgan fingerprint density at radius 2 is 2.11 bits per heavy atom. The Labute approximate surface area is 114 Å². The highest BCUT2D eigenvalue weighted by atomic mass is 32.2. The number of carbonyl (C=O) groups is 1. The number of hydrogen-bond acceptors (Lipinski definition) is 3. The van der Waals surface area contributed by atoms with E-state index in [-0.39, 0.29) is 12.3 Å². The molecule has 2 N–H and O–H groups in total. The van der Waals surface area contributed by atoms with Gasteiger partial charge in [0.15, 0.2) is 0 Å². The van der Waals surface area contributed by atoms with Gasteiger partial charge in [0, 0.05) is 19.1 Å². The summed E-state index contributed by atoms with van der Waals surface area (Å²) in [7, 11) is -3.55. The largest absolute Gasteiger partial charge is 0.481 e. The summed E-state index contributed by atoms with van der Waals surface area (Å²) in [4.78, 5) is 10.8. The van der Waals surface area contributed by atoms with E-state index in [1.54, 1.807) is 0 Å². The Balaban J connectivity index is 1.99. The van der Waals surface area contributed by atoms with Gasteiger partial charge >= 0.3 is 5.97 Å². The quantitative estimate of drug-likeness (QED) is 0.758. The maximum atomic E-state index is 12.3. The van der Waals surface area contributed by atoms with Crippen LogP contribution in [-0.2, 0) is 15.0 Å². The molecule has 2 fully saturated rings. The molecule has 0 aromatic rings. The molecule has 1 saturated heterocycles. The predicted octanol–water partition coefficient (Wildman–Crippen LogP) is 0.806. The van der Waals surface area contributed by atoms with E-state index in [2.05, 4.69) is 4.72 Å². The number of hydrogen-bond donors (Lipinski definition) is 2. The summed E-state index contributed by atoms with van der Waals surface area (Å²) in [5.74, 6) is -0.399. The topological polar surface area (TPSA) is 86.7 Å². The molecular formula is C12H22N2O4S. The van der Waals surface area contributed by atoms with Crippen LogP contribution < -0.4 is 4.72 Å². The summed E-state index contributed by atoms with van der Waals surface area (Å²) >= 11 is 0. The predicted molar refractivity (Wildman–Crippen MR) is 70.8 cm³/mol. The molecule has 110 valence electrons. The van der Waals surface area contributed by atoms with Gasteiger partial charge in [0.25, 0.3) is 10.2 Å². The minimum absolute atomic E-state index is 0.132. The smallest absolute Gasteiger partial charge is 0.304 e.